The maximum atomic E-state index is 12.7. The van der Waals surface area contributed by atoms with Crippen LogP contribution in [0.1, 0.15) is 18.9 Å². The Labute approximate surface area is 158 Å². The molecular formula is C18H26N4O5. The van der Waals surface area contributed by atoms with Crippen molar-refractivity contribution < 1.29 is 23.5 Å². The molecule has 3 amide bonds. The van der Waals surface area contributed by atoms with Crippen LogP contribution in [0.4, 0.5) is 4.79 Å². The lowest BCUT2D eigenvalue weighted by molar-refractivity contribution is -0.140. The maximum absolute atomic E-state index is 12.7. The van der Waals surface area contributed by atoms with Crippen LogP contribution in [0.15, 0.2) is 23.0 Å². The van der Waals surface area contributed by atoms with Gasteiger partial charge in [-0.25, -0.2) is 4.79 Å². The van der Waals surface area contributed by atoms with Crippen LogP contribution >= 0.6 is 0 Å². The molecule has 9 nitrogen and oxygen atoms in total. The average Bonchev–Trinajstić information content (AvgIpc) is 3.18. The molecule has 0 aromatic carbocycles. The van der Waals surface area contributed by atoms with Crippen LogP contribution < -0.4 is 5.32 Å². The number of nitrogens with zero attached hydrogens (tertiary/aromatic N) is 3. The molecule has 9 heteroatoms. The first-order valence-electron chi connectivity index (χ1n) is 9.30. The van der Waals surface area contributed by atoms with Crippen LogP contribution in [0.25, 0.3) is 0 Å². The second-order valence-corrected chi connectivity index (χ2v) is 6.68. The highest BCUT2D eigenvalue weighted by molar-refractivity contribution is 5.89. The van der Waals surface area contributed by atoms with Gasteiger partial charge < -0.3 is 24.3 Å². The molecule has 2 fully saturated rings. The van der Waals surface area contributed by atoms with Crippen LogP contribution in [0, 0.1) is 0 Å². The molecular weight excluding hydrogens is 352 g/mol. The molecule has 27 heavy (non-hydrogen) atoms. The van der Waals surface area contributed by atoms with E-state index >= 15 is 0 Å². The van der Waals surface area contributed by atoms with E-state index in [1.807, 2.05) is 11.0 Å². The summed E-state index contributed by atoms with van der Waals surface area (Å²) < 4.78 is 10.1. The van der Waals surface area contributed by atoms with Gasteiger partial charge in [-0.05, 0) is 13.0 Å². The Bertz CT molecular complexity index is 655. The summed E-state index contributed by atoms with van der Waals surface area (Å²) in [5, 5.41) is 2.84. The predicted molar refractivity (Wildman–Crippen MR) is 95.7 cm³/mol. The Morgan fingerprint density at radius 2 is 1.96 bits per heavy atom. The summed E-state index contributed by atoms with van der Waals surface area (Å²) in [6, 6.07) is 1.37. The Hall–Kier alpha value is -2.55. The lowest BCUT2D eigenvalue weighted by Crippen LogP contribution is -2.57. The molecule has 1 unspecified atom stereocenters. The molecule has 1 N–H and O–H groups in total. The number of carbonyl (C=O) groups is 3. The molecule has 2 aliphatic heterocycles. The van der Waals surface area contributed by atoms with E-state index in [2.05, 4.69) is 5.32 Å². The summed E-state index contributed by atoms with van der Waals surface area (Å²) in [5.74, 6) is -0.194. The van der Waals surface area contributed by atoms with Crippen molar-refractivity contribution in [3.05, 3.63) is 24.2 Å². The molecule has 2 saturated heterocycles. The third kappa shape index (κ3) is 4.79. The van der Waals surface area contributed by atoms with Crippen LogP contribution in [-0.2, 0) is 20.9 Å². The van der Waals surface area contributed by atoms with Crippen molar-refractivity contribution in [3.8, 4) is 0 Å². The normalized spacial score (nSPS) is 21.1. The number of rotatable bonds is 5. The largest absolute Gasteiger partial charge is 0.472 e. The van der Waals surface area contributed by atoms with Crippen molar-refractivity contribution in [2.45, 2.75) is 25.9 Å². The van der Waals surface area contributed by atoms with Crippen molar-refractivity contribution >= 4 is 17.9 Å². The quantitative estimate of drug-likeness (QED) is 0.790. The molecule has 1 atom stereocenters. The highest BCUT2D eigenvalue weighted by Gasteiger charge is 2.34. The first kappa shape index (κ1) is 19.2. The van der Waals surface area contributed by atoms with Crippen LogP contribution in [-0.4, -0.2) is 84.5 Å². The molecule has 0 bridgehead atoms. The predicted octanol–water partition coefficient (Wildman–Crippen LogP) is 0.271. The van der Waals surface area contributed by atoms with Gasteiger partial charge in [0.25, 0.3) is 0 Å². The van der Waals surface area contributed by atoms with Crippen molar-refractivity contribution in [3.63, 3.8) is 0 Å². The third-order valence-corrected chi connectivity index (χ3v) is 4.93. The fourth-order valence-electron chi connectivity index (χ4n) is 3.44. The molecule has 3 rings (SSSR count). The Morgan fingerprint density at radius 1 is 1.22 bits per heavy atom. The Balaban J connectivity index is 1.55. The van der Waals surface area contributed by atoms with Crippen LogP contribution in [0.2, 0.25) is 0 Å². The minimum atomic E-state index is -0.496. The highest BCUT2D eigenvalue weighted by atomic mass is 16.6. The monoisotopic (exact) mass is 378 g/mol. The van der Waals surface area contributed by atoms with E-state index in [0.717, 1.165) is 5.56 Å². The zero-order valence-electron chi connectivity index (χ0n) is 15.6. The highest BCUT2D eigenvalue weighted by Crippen LogP contribution is 2.16. The second-order valence-electron chi connectivity index (χ2n) is 6.68. The minimum Gasteiger partial charge on any atom is -0.472 e. The van der Waals surface area contributed by atoms with E-state index in [9.17, 15) is 14.4 Å². The van der Waals surface area contributed by atoms with E-state index in [1.165, 1.54) is 0 Å². The van der Waals surface area contributed by atoms with Gasteiger partial charge in [0.1, 0.15) is 0 Å². The summed E-state index contributed by atoms with van der Waals surface area (Å²) >= 11 is 0. The van der Waals surface area contributed by atoms with E-state index < -0.39 is 6.04 Å². The Kier molecular flexibility index (Phi) is 6.33. The molecule has 148 valence electrons. The van der Waals surface area contributed by atoms with Crippen molar-refractivity contribution in [2.24, 2.45) is 0 Å². The summed E-state index contributed by atoms with van der Waals surface area (Å²) in [7, 11) is 0. The van der Waals surface area contributed by atoms with E-state index in [-0.39, 0.29) is 24.3 Å². The van der Waals surface area contributed by atoms with Gasteiger partial charge in [-0.1, -0.05) is 0 Å². The number of piperazine rings is 2. The molecule has 2 aliphatic rings. The number of hydrogen-bond acceptors (Lipinski definition) is 6. The number of amides is 3. The number of hydrogen-bond donors (Lipinski definition) is 1. The summed E-state index contributed by atoms with van der Waals surface area (Å²) in [6.07, 6.45) is 3.04. The maximum Gasteiger partial charge on any atom is 0.409 e. The third-order valence-electron chi connectivity index (χ3n) is 4.93. The second kappa shape index (κ2) is 8.90. The molecule has 0 saturated carbocycles. The number of carbonyl (C=O) groups excluding carboxylic acids is 3. The van der Waals surface area contributed by atoms with Crippen molar-refractivity contribution in [1.29, 1.82) is 0 Å². The SMILES string of the molecule is CCOC(=O)N1CCN(C(=O)CC2C(=O)NCCN2Cc2ccoc2)CC1. The van der Waals surface area contributed by atoms with Crippen molar-refractivity contribution in [2.75, 3.05) is 45.9 Å². The fourth-order valence-corrected chi connectivity index (χ4v) is 3.44. The van der Waals surface area contributed by atoms with Gasteiger partial charge >= 0.3 is 6.09 Å². The number of nitrogens with one attached hydrogen (secondary N) is 1. The molecule has 1 aromatic rings. The van der Waals surface area contributed by atoms with Gasteiger partial charge in [0.05, 0.1) is 31.6 Å². The molecule has 0 aliphatic carbocycles. The average molecular weight is 378 g/mol. The van der Waals surface area contributed by atoms with Gasteiger partial charge in [0, 0.05) is 51.4 Å². The summed E-state index contributed by atoms with van der Waals surface area (Å²) in [4.78, 5) is 42.2. The first-order valence-corrected chi connectivity index (χ1v) is 9.30. The van der Waals surface area contributed by atoms with E-state index in [0.29, 0.717) is 52.4 Å². The smallest absolute Gasteiger partial charge is 0.409 e. The lowest BCUT2D eigenvalue weighted by atomic mass is 10.1. The summed E-state index contributed by atoms with van der Waals surface area (Å²) in [6.45, 7) is 5.72. The van der Waals surface area contributed by atoms with Crippen LogP contribution in [0.5, 0.6) is 0 Å². The van der Waals surface area contributed by atoms with E-state index in [4.69, 9.17) is 9.15 Å². The van der Waals surface area contributed by atoms with Gasteiger partial charge in [-0.15, -0.1) is 0 Å². The molecule has 3 heterocycles. The molecule has 0 radical (unpaired) electrons. The van der Waals surface area contributed by atoms with Crippen molar-refractivity contribution in [1.82, 2.24) is 20.0 Å². The molecule has 1 aromatic heterocycles. The Morgan fingerprint density at radius 3 is 2.63 bits per heavy atom. The van der Waals surface area contributed by atoms with Crippen LogP contribution in [0.3, 0.4) is 0 Å². The number of furan rings is 1. The molecule has 0 spiro atoms. The topological polar surface area (TPSA) is 95.3 Å². The first-order chi connectivity index (χ1) is 13.1. The minimum absolute atomic E-state index is 0.0715. The van der Waals surface area contributed by atoms with Gasteiger partial charge in [-0.2, -0.15) is 0 Å². The zero-order chi connectivity index (χ0) is 19.2. The van der Waals surface area contributed by atoms with E-state index in [1.54, 1.807) is 29.2 Å². The zero-order valence-corrected chi connectivity index (χ0v) is 15.6. The standard InChI is InChI=1S/C18H26N4O5/c1-2-27-18(25)21-8-6-20(7-9-21)16(23)11-15-17(24)19-4-5-22(15)12-14-3-10-26-13-14/h3,10,13,15H,2,4-9,11-12H2,1H3,(H,19,24). The van der Waals surface area contributed by atoms with Gasteiger partial charge in [0.15, 0.2) is 0 Å². The summed E-state index contributed by atoms with van der Waals surface area (Å²) in [5.41, 5.74) is 0.977. The fraction of sp³-hybridized carbons (Fsp3) is 0.611. The van der Waals surface area contributed by atoms with Gasteiger partial charge in [-0.3, -0.25) is 14.5 Å². The number of ether oxygens (including phenoxy) is 1. The van der Waals surface area contributed by atoms with Gasteiger partial charge in [0.2, 0.25) is 11.8 Å². The lowest BCUT2D eigenvalue weighted by Gasteiger charge is -2.37.